The van der Waals surface area contributed by atoms with Gasteiger partial charge in [-0.05, 0) is 62.1 Å². The number of carbonyl (C=O) groups is 1. The number of rotatable bonds is 2. The Bertz CT molecular complexity index is 862. The molecule has 5 aliphatic rings. The summed E-state index contributed by atoms with van der Waals surface area (Å²) >= 11 is 0. The molecule has 6 heterocycles. The summed E-state index contributed by atoms with van der Waals surface area (Å²) in [5, 5.41) is 16.2. The van der Waals surface area contributed by atoms with E-state index in [1.807, 2.05) is 12.1 Å². The van der Waals surface area contributed by atoms with Crippen LogP contribution in [0.1, 0.15) is 25.7 Å². The molecule has 1 N–H and O–H groups in total. The lowest BCUT2D eigenvalue weighted by Gasteiger charge is -2.45. The molecule has 2 aromatic heterocycles. The number of anilines is 1. The normalized spacial score (nSPS) is 32.9. The fraction of sp³-hybridized carbons (Fsp3) is 0.700. The van der Waals surface area contributed by atoms with Gasteiger partial charge in [-0.1, -0.05) is 0 Å². The number of fused-ring (bicyclic) bond motifs is 3. The second-order valence-electron chi connectivity index (χ2n) is 9.01. The van der Waals surface area contributed by atoms with Gasteiger partial charge in [-0.2, -0.15) is 4.52 Å². The first kappa shape index (κ1) is 16.7. The van der Waals surface area contributed by atoms with Crippen LogP contribution in [-0.4, -0.2) is 69.4 Å². The van der Waals surface area contributed by atoms with E-state index < -0.39 is 0 Å². The van der Waals surface area contributed by atoms with Crippen LogP contribution < -0.4 is 10.2 Å². The summed E-state index contributed by atoms with van der Waals surface area (Å²) in [5.41, 5.74) is 0.757. The molecule has 8 heteroatoms. The summed E-state index contributed by atoms with van der Waals surface area (Å²) in [5.74, 6) is 3.72. The lowest BCUT2D eigenvalue weighted by Crippen LogP contribution is -2.54. The highest BCUT2D eigenvalue weighted by atomic mass is 16.2. The Labute approximate surface area is 164 Å². The van der Waals surface area contributed by atoms with Crippen molar-refractivity contribution in [1.82, 2.24) is 30.0 Å². The highest BCUT2D eigenvalue weighted by molar-refractivity contribution is 5.79. The molecule has 4 aliphatic heterocycles. The molecular formula is C20H27N7O. The van der Waals surface area contributed by atoms with Crippen LogP contribution in [0.2, 0.25) is 0 Å². The molecule has 1 saturated carbocycles. The van der Waals surface area contributed by atoms with Crippen molar-refractivity contribution in [2.75, 3.05) is 37.6 Å². The largest absolute Gasteiger partial charge is 0.355 e. The average molecular weight is 381 g/mol. The van der Waals surface area contributed by atoms with Crippen molar-refractivity contribution in [3.8, 4) is 0 Å². The van der Waals surface area contributed by atoms with E-state index in [4.69, 9.17) is 0 Å². The van der Waals surface area contributed by atoms with Gasteiger partial charge in [-0.15, -0.1) is 15.3 Å². The van der Waals surface area contributed by atoms with Crippen molar-refractivity contribution < 1.29 is 4.79 Å². The van der Waals surface area contributed by atoms with E-state index in [9.17, 15) is 4.79 Å². The fourth-order valence-corrected chi connectivity index (χ4v) is 6.09. The van der Waals surface area contributed by atoms with Crippen LogP contribution in [0.3, 0.4) is 0 Å². The summed E-state index contributed by atoms with van der Waals surface area (Å²) in [7, 11) is 0. The number of nitrogens with zero attached hydrogens (tertiary/aromatic N) is 6. The molecule has 0 radical (unpaired) electrons. The van der Waals surface area contributed by atoms with Crippen molar-refractivity contribution in [3.05, 3.63) is 18.5 Å². The van der Waals surface area contributed by atoms with Crippen LogP contribution in [-0.2, 0) is 4.79 Å². The molecule has 1 aliphatic carbocycles. The van der Waals surface area contributed by atoms with Crippen LogP contribution >= 0.6 is 0 Å². The Morgan fingerprint density at radius 3 is 2.71 bits per heavy atom. The Hall–Kier alpha value is -2.22. The number of hydrogen-bond acceptors (Lipinski definition) is 6. The maximum absolute atomic E-state index is 13.2. The smallest absolute Gasteiger partial charge is 0.225 e. The lowest BCUT2D eigenvalue weighted by atomic mass is 9.68. The number of hydrogen-bond donors (Lipinski definition) is 1. The van der Waals surface area contributed by atoms with Crippen LogP contribution in [0.25, 0.3) is 5.65 Å². The maximum Gasteiger partial charge on any atom is 0.225 e. The highest BCUT2D eigenvalue weighted by Crippen LogP contribution is 2.43. The van der Waals surface area contributed by atoms with Gasteiger partial charge in [0.05, 0.1) is 0 Å². The SMILES string of the molecule is O=C(C1CCN(c2ccc3nncn3n2)CC1)N1CC2C3CCC(NC3)C2C1. The van der Waals surface area contributed by atoms with Gasteiger partial charge in [-0.3, -0.25) is 4.79 Å². The molecule has 2 bridgehead atoms. The maximum atomic E-state index is 13.2. The molecule has 0 spiro atoms. The first-order chi connectivity index (χ1) is 13.8. The number of nitrogens with one attached hydrogen (secondary N) is 1. The summed E-state index contributed by atoms with van der Waals surface area (Å²) < 4.78 is 1.71. The van der Waals surface area contributed by atoms with Gasteiger partial charge in [0, 0.05) is 38.1 Å². The van der Waals surface area contributed by atoms with Crippen molar-refractivity contribution in [3.63, 3.8) is 0 Å². The van der Waals surface area contributed by atoms with E-state index >= 15 is 0 Å². The van der Waals surface area contributed by atoms with Crippen molar-refractivity contribution >= 4 is 17.4 Å². The van der Waals surface area contributed by atoms with E-state index in [1.54, 1.807) is 10.8 Å². The topological polar surface area (TPSA) is 78.7 Å². The minimum absolute atomic E-state index is 0.167. The number of likely N-dealkylation sites (tertiary alicyclic amines) is 1. The van der Waals surface area contributed by atoms with Gasteiger partial charge < -0.3 is 15.1 Å². The minimum atomic E-state index is 0.167. The Kier molecular flexibility index (Phi) is 3.82. The Morgan fingerprint density at radius 1 is 1.07 bits per heavy atom. The zero-order valence-corrected chi connectivity index (χ0v) is 16.1. The third kappa shape index (κ3) is 2.61. The van der Waals surface area contributed by atoms with Gasteiger partial charge in [0.25, 0.3) is 0 Å². The molecule has 5 fully saturated rings. The number of piperidine rings is 3. The van der Waals surface area contributed by atoms with E-state index in [-0.39, 0.29) is 5.92 Å². The van der Waals surface area contributed by atoms with Crippen LogP contribution in [0.5, 0.6) is 0 Å². The van der Waals surface area contributed by atoms with Crippen LogP contribution in [0.4, 0.5) is 5.82 Å². The molecule has 28 heavy (non-hydrogen) atoms. The number of carbonyl (C=O) groups excluding carboxylic acids is 1. The number of aromatic nitrogens is 4. The molecule has 2 aromatic rings. The van der Waals surface area contributed by atoms with Gasteiger partial charge in [0.15, 0.2) is 5.65 Å². The molecule has 8 nitrogen and oxygen atoms in total. The third-order valence-electron chi connectivity index (χ3n) is 7.65. The van der Waals surface area contributed by atoms with Gasteiger partial charge in [0.2, 0.25) is 5.91 Å². The fourth-order valence-electron chi connectivity index (χ4n) is 6.09. The van der Waals surface area contributed by atoms with Gasteiger partial charge >= 0.3 is 0 Å². The standard InChI is InChI=1S/C20H27N7O/c28-20(26-10-15-14-1-2-17(21-9-14)16(15)11-26)13-5-7-25(8-6-13)19-4-3-18-23-22-12-27(18)24-19/h3-4,12-17,21H,1-2,5-11H2. The second kappa shape index (κ2) is 6.40. The molecule has 1 amide bonds. The van der Waals surface area contributed by atoms with Crippen molar-refractivity contribution in [1.29, 1.82) is 0 Å². The van der Waals surface area contributed by atoms with Crippen LogP contribution in [0.15, 0.2) is 18.5 Å². The quantitative estimate of drug-likeness (QED) is 0.829. The zero-order valence-electron chi connectivity index (χ0n) is 16.1. The first-order valence-corrected chi connectivity index (χ1v) is 10.7. The minimum Gasteiger partial charge on any atom is -0.355 e. The zero-order chi connectivity index (χ0) is 18.7. The monoisotopic (exact) mass is 381 g/mol. The molecular weight excluding hydrogens is 354 g/mol. The number of amides is 1. The van der Waals surface area contributed by atoms with E-state index in [0.717, 1.165) is 68.9 Å². The average Bonchev–Trinajstić information content (AvgIpc) is 3.42. The second-order valence-corrected chi connectivity index (χ2v) is 9.01. The third-order valence-corrected chi connectivity index (χ3v) is 7.65. The highest BCUT2D eigenvalue weighted by Gasteiger charge is 2.49. The molecule has 0 aromatic carbocycles. The van der Waals surface area contributed by atoms with Gasteiger partial charge in [0.1, 0.15) is 12.1 Å². The predicted molar refractivity (Wildman–Crippen MR) is 104 cm³/mol. The molecule has 7 rings (SSSR count). The summed E-state index contributed by atoms with van der Waals surface area (Å²) in [4.78, 5) is 17.7. The van der Waals surface area contributed by atoms with Crippen LogP contribution in [0, 0.1) is 23.7 Å². The molecule has 148 valence electrons. The predicted octanol–water partition coefficient (Wildman–Crippen LogP) is 0.797. The molecule has 4 unspecified atom stereocenters. The van der Waals surface area contributed by atoms with E-state index in [1.165, 1.54) is 12.8 Å². The molecule has 4 saturated heterocycles. The van der Waals surface area contributed by atoms with Crippen molar-refractivity contribution in [2.45, 2.75) is 31.7 Å². The molecule has 4 atom stereocenters. The summed E-state index contributed by atoms with van der Waals surface area (Å²) in [6.07, 6.45) is 6.11. The lowest BCUT2D eigenvalue weighted by molar-refractivity contribution is -0.135. The van der Waals surface area contributed by atoms with E-state index in [0.29, 0.717) is 17.9 Å². The summed E-state index contributed by atoms with van der Waals surface area (Å²) in [6, 6.07) is 4.59. The van der Waals surface area contributed by atoms with Gasteiger partial charge in [-0.25, -0.2) is 0 Å². The summed E-state index contributed by atoms with van der Waals surface area (Å²) in [6.45, 7) is 4.90. The Balaban J connectivity index is 1.10. The first-order valence-electron chi connectivity index (χ1n) is 10.7. The Morgan fingerprint density at radius 2 is 1.93 bits per heavy atom. The van der Waals surface area contributed by atoms with E-state index in [2.05, 4.69) is 30.4 Å². The van der Waals surface area contributed by atoms with Crippen molar-refractivity contribution in [2.24, 2.45) is 23.7 Å².